The molecule has 1 aromatic heterocycles. The molecule has 0 bridgehead atoms. The van der Waals surface area contributed by atoms with E-state index in [4.69, 9.17) is 9.47 Å². The molecule has 1 fully saturated rings. The van der Waals surface area contributed by atoms with Crippen molar-refractivity contribution in [2.45, 2.75) is 45.4 Å². The van der Waals surface area contributed by atoms with Crippen LogP contribution in [0.1, 0.15) is 44.4 Å². The molecule has 9 heteroatoms. The first-order valence-corrected chi connectivity index (χ1v) is 10.5. The number of hydrogen-bond donors (Lipinski definition) is 1. The Hall–Kier alpha value is -2.73. The van der Waals surface area contributed by atoms with E-state index in [1.165, 1.54) is 0 Å². The summed E-state index contributed by atoms with van der Waals surface area (Å²) in [5.41, 5.74) is 0.952. The highest BCUT2D eigenvalue weighted by atomic mass is 79.9. The molecule has 0 unspecified atom stereocenters. The van der Waals surface area contributed by atoms with E-state index in [1.807, 2.05) is 45.0 Å². The van der Waals surface area contributed by atoms with E-state index in [2.05, 4.69) is 32.4 Å². The van der Waals surface area contributed by atoms with Crippen molar-refractivity contribution in [1.29, 1.82) is 5.26 Å². The number of nitrogens with one attached hydrogen (secondary N) is 1. The van der Waals surface area contributed by atoms with Gasteiger partial charge in [-0.25, -0.2) is 9.48 Å². The van der Waals surface area contributed by atoms with Crippen molar-refractivity contribution in [2.75, 3.05) is 25.5 Å². The lowest BCUT2D eigenvalue weighted by molar-refractivity contribution is 0.0288. The molecule has 2 aromatic rings. The van der Waals surface area contributed by atoms with Crippen LogP contribution in [-0.2, 0) is 11.3 Å². The lowest BCUT2D eigenvalue weighted by Gasteiger charge is -2.24. The summed E-state index contributed by atoms with van der Waals surface area (Å²) in [6, 6.07) is 9.88. The number of methoxy groups -OCH3 is 1. The minimum absolute atomic E-state index is 0.0470. The van der Waals surface area contributed by atoms with Gasteiger partial charge in [0.25, 0.3) is 0 Å². The van der Waals surface area contributed by atoms with Gasteiger partial charge in [0.2, 0.25) is 0 Å². The molecule has 3 rings (SSSR count). The topological polar surface area (TPSA) is 92.4 Å². The van der Waals surface area contributed by atoms with E-state index in [0.717, 1.165) is 17.7 Å². The summed E-state index contributed by atoms with van der Waals surface area (Å²) in [5.74, 6) is 1.42. The molecule has 0 spiro atoms. The highest BCUT2D eigenvalue weighted by Crippen LogP contribution is 2.32. The third-order valence-electron chi connectivity index (χ3n) is 4.76. The van der Waals surface area contributed by atoms with Crippen LogP contribution in [0.15, 0.2) is 28.9 Å². The molecule has 1 N–H and O–H groups in total. The number of nitriles is 1. The van der Waals surface area contributed by atoms with Crippen LogP contribution in [0, 0.1) is 11.3 Å². The highest BCUT2D eigenvalue weighted by molar-refractivity contribution is 9.10. The Morgan fingerprint density at radius 2 is 2.07 bits per heavy atom. The predicted molar refractivity (Wildman–Crippen MR) is 116 cm³/mol. The van der Waals surface area contributed by atoms with Crippen LogP contribution >= 0.6 is 15.9 Å². The normalized spacial score (nSPS) is 16.3. The van der Waals surface area contributed by atoms with E-state index in [0.29, 0.717) is 35.6 Å². The number of carbonyl (C=O) groups excluding carboxylic acids is 1. The third kappa shape index (κ3) is 5.05. The SMILES string of the molecule is COc1ccc(CNc2c(C#N)c(Br)nn2[C@H]2CCN(C(=O)OC(C)(C)C)C2)cc1. The molecule has 1 aliphatic heterocycles. The van der Waals surface area contributed by atoms with Crippen LogP contribution < -0.4 is 10.1 Å². The second-order valence-electron chi connectivity index (χ2n) is 8.14. The first kappa shape index (κ1) is 22.0. The van der Waals surface area contributed by atoms with Crippen molar-refractivity contribution < 1.29 is 14.3 Å². The van der Waals surface area contributed by atoms with Crippen molar-refractivity contribution in [1.82, 2.24) is 14.7 Å². The fourth-order valence-electron chi connectivity index (χ4n) is 3.30. The summed E-state index contributed by atoms with van der Waals surface area (Å²) in [6.07, 6.45) is 0.402. The van der Waals surface area contributed by atoms with Crippen LogP contribution in [0.5, 0.6) is 5.75 Å². The molecule has 1 amide bonds. The minimum atomic E-state index is -0.539. The molecule has 1 saturated heterocycles. The van der Waals surface area contributed by atoms with Gasteiger partial charge in [-0.15, -0.1) is 0 Å². The molecule has 0 aliphatic carbocycles. The molecule has 1 atom stereocenters. The predicted octanol–water partition coefficient (Wildman–Crippen LogP) is 4.32. The Labute approximate surface area is 184 Å². The van der Waals surface area contributed by atoms with E-state index in [1.54, 1.807) is 16.7 Å². The number of nitrogens with zero attached hydrogens (tertiary/aromatic N) is 4. The highest BCUT2D eigenvalue weighted by Gasteiger charge is 2.33. The second-order valence-corrected chi connectivity index (χ2v) is 8.89. The number of rotatable bonds is 5. The molecular weight excluding hydrogens is 450 g/mol. The number of likely N-dealkylation sites (tertiary alicyclic amines) is 1. The van der Waals surface area contributed by atoms with Crippen molar-refractivity contribution in [3.63, 3.8) is 0 Å². The van der Waals surface area contributed by atoms with Gasteiger partial charge in [0.1, 0.15) is 33.4 Å². The average Bonchev–Trinajstić information content (AvgIpc) is 3.30. The van der Waals surface area contributed by atoms with E-state index in [9.17, 15) is 10.1 Å². The third-order valence-corrected chi connectivity index (χ3v) is 5.31. The molecule has 160 valence electrons. The van der Waals surface area contributed by atoms with Gasteiger partial charge in [0, 0.05) is 19.6 Å². The van der Waals surface area contributed by atoms with Gasteiger partial charge in [-0.3, -0.25) is 0 Å². The van der Waals surface area contributed by atoms with E-state index >= 15 is 0 Å². The Bertz CT molecular complexity index is 943. The number of hydrogen-bond acceptors (Lipinski definition) is 6. The van der Waals surface area contributed by atoms with Crippen molar-refractivity contribution in [2.24, 2.45) is 0 Å². The van der Waals surface area contributed by atoms with Crippen LogP contribution in [0.25, 0.3) is 0 Å². The van der Waals surface area contributed by atoms with Gasteiger partial charge >= 0.3 is 6.09 Å². The number of anilines is 1. The monoisotopic (exact) mass is 475 g/mol. The van der Waals surface area contributed by atoms with Gasteiger partial charge in [0.15, 0.2) is 0 Å². The summed E-state index contributed by atoms with van der Waals surface area (Å²) < 4.78 is 13.0. The lowest BCUT2D eigenvalue weighted by Crippen LogP contribution is -2.35. The molecule has 0 radical (unpaired) electrons. The van der Waals surface area contributed by atoms with Crippen molar-refractivity contribution in [3.8, 4) is 11.8 Å². The number of amides is 1. The van der Waals surface area contributed by atoms with Crippen molar-refractivity contribution in [3.05, 3.63) is 40.0 Å². The summed E-state index contributed by atoms with van der Waals surface area (Å²) in [4.78, 5) is 14.1. The molecular formula is C21H26BrN5O3. The standard InChI is InChI=1S/C21H26BrN5O3/c1-21(2,3)30-20(28)26-10-9-15(13-26)27-19(17(11-23)18(22)25-27)24-12-14-5-7-16(29-4)8-6-14/h5-8,15,24H,9-10,12-13H2,1-4H3/t15-/m0/s1. The van der Waals surface area contributed by atoms with Crippen molar-refractivity contribution >= 4 is 27.8 Å². The Morgan fingerprint density at radius 1 is 1.37 bits per heavy atom. The maximum absolute atomic E-state index is 12.4. The van der Waals surface area contributed by atoms with E-state index in [-0.39, 0.29) is 12.1 Å². The van der Waals surface area contributed by atoms with Crippen LogP contribution in [0.2, 0.25) is 0 Å². The van der Waals surface area contributed by atoms with Gasteiger partial charge < -0.3 is 19.7 Å². The van der Waals surface area contributed by atoms with E-state index < -0.39 is 5.60 Å². The first-order chi connectivity index (χ1) is 14.2. The molecule has 0 saturated carbocycles. The average molecular weight is 476 g/mol. The summed E-state index contributed by atoms with van der Waals surface area (Å²) in [6.45, 7) is 7.14. The van der Waals surface area contributed by atoms with Gasteiger partial charge in [-0.2, -0.15) is 10.4 Å². The molecule has 8 nitrogen and oxygen atoms in total. The zero-order valence-electron chi connectivity index (χ0n) is 17.6. The lowest BCUT2D eigenvalue weighted by atomic mass is 10.2. The number of ether oxygens (including phenoxy) is 2. The fourth-order valence-corrected chi connectivity index (χ4v) is 3.75. The largest absolute Gasteiger partial charge is 0.497 e. The fraction of sp³-hybridized carbons (Fsp3) is 0.476. The van der Waals surface area contributed by atoms with Gasteiger partial charge in [0.05, 0.1) is 13.2 Å². The molecule has 30 heavy (non-hydrogen) atoms. The van der Waals surface area contributed by atoms with Crippen LogP contribution in [-0.4, -0.2) is 46.6 Å². The quantitative estimate of drug-likeness (QED) is 0.691. The summed E-state index contributed by atoms with van der Waals surface area (Å²) in [7, 11) is 1.63. The Balaban J connectivity index is 1.75. The maximum atomic E-state index is 12.4. The second kappa shape index (κ2) is 8.96. The van der Waals surface area contributed by atoms with Gasteiger partial charge in [-0.05, 0) is 60.8 Å². The zero-order chi connectivity index (χ0) is 21.9. The summed E-state index contributed by atoms with van der Waals surface area (Å²) >= 11 is 3.39. The molecule has 1 aromatic carbocycles. The summed E-state index contributed by atoms with van der Waals surface area (Å²) in [5, 5.41) is 17.5. The van der Waals surface area contributed by atoms with Crippen LogP contribution in [0.4, 0.5) is 10.6 Å². The first-order valence-electron chi connectivity index (χ1n) is 9.74. The Kier molecular flexibility index (Phi) is 6.56. The Morgan fingerprint density at radius 3 is 2.67 bits per heavy atom. The molecule has 1 aliphatic rings. The number of aromatic nitrogens is 2. The maximum Gasteiger partial charge on any atom is 0.410 e. The van der Waals surface area contributed by atoms with Gasteiger partial charge in [-0.1, -0.05) is 12.1 Å². The molecule has 2 heterocycles. The minimum Gasteiger partial charge on any atom is -0.497 e. The zero-order valence-corrected chi connectivity index (χ0v) is 19.2. The smallest absolute Gasteiger partial charge is 0.410 e. The number of benzene rings is 1. The van der Waals surface area contributed by atoms with Crippen LogP contribution in [0.3, 0.4) is 0 Å². The number of halogens is 1. The number of carbonyl (C=O) groups is 1.